The highest BCUT2D eigenvalue weighted by Gasteiger charge is 2.47. The van der Waals surface area contributed by atoms with Crippen molar-refractivity contribution in [3.63, 3.8) is 0 Å². The van der Waals surface area contributed by atoms with Crippen molar-refractivity contribution in [3.05, 3.63) is 83.3 Å². The van der Waals surface area contributed by atoms with Crippen LogP contribution in [0.1, 0.15) is 62.8 Å². The van der Waals surface area contributed by atoms with Crippen LogP contribution < -0.4 is 5.14 Å². The molecule has 2 atom stereocenters. The van der Waals surface area contributed by atoms with Crippen LogP contribution >= 0.6 is 11.3 Å². The maximum Gasteiger partial charge on any atom is 0.144 e. The molecular weight excluding hydrogens is 465 g/mol. The summed E-state index contributed by atoms with van der Waals surface area (Å²) < 4.78 is 26.4. The summed E-state index contributed by atoms with van der Waals surface area (Å²) >= 11 is 1.43. The highest BCUT2D eigenvalue weighted by molar-refractivity contribution is 7.84. The summed E-state index contributed by atoms with van der Waals surface area (Å²) in [5.41, 5.74) is 4.47. The summed E-state index contributed by atoms with van der Waals surface area (Å²) in [4.78, 5) is 10.5. The number of benzene rings is 2. The highest BCUT2D eigenvalue weighted by Crippen LogP contribution is 2.53. The molecule has 0 aliphatic heterocycles. The first-order valence-corrected chi connectivity index (χ1v) is 13.5. The van der Waals surface area contributed by atoms with Crippen molar-refractivity contribution in [2.45, 2.75) is 56.1 Å². The van der Waals surface area contributed by atoms with E-state index in [1.54, 1.807) is 12.1 Å². The Labute approximate surface area is 206 Å². The average molecular weight is 494 g/mol. The molecule has 5 rings (SSSR count). The summed E-state index contributed by atoms with van der Waals surface area (Å²) in [7, 11) is -1.44. The van der Waals surface area contributed by atoms with Crippen molar-refractivity contribution in [2.24, 2.45) is 5.14 Å². The first-order chi connectivity index (χ1) is 16.2. The van der Waals surface area contributed by atoms with E-state index in [1.165, 1.54) is 16.9 Å². The van der Waals surface area contributed by atoms with Gasteiger partial charge in [0.15, 0.2) is 0 Å². The van der Waals surface area contributed by atoms with Gasteiger partial charge in [-0.05, 0) is 74.4 Å². The predicted octanol–water partition coefficient (Wildman–Crippen LogP) is 6.47. The number of halogens is 1. The lowest BCUT2D eigenvalue weighted by atomic mass is 9.91. The number of thiazole rings is 1. The van der Waals surface area contributed by atoms with Gasteiger partial charge in [0.1, 0.15) is 21.2 Å². The molecule has 1 saturated carbocycles. The molecule has 0 bridgehead atoms. The van der Waals surface area contributed by atoms with Crippen LogP contribution in [0.5, 0.6) is 0 Å². The summed E-state index contributed by atoms with van der Waals surface area (Å²) in [6.45, 7) is 5.75. The number of hydrogen-bond donors (Lipinski definition) is 1. The van der Waals surface area contributed by atoms with E-state index in [9.17, 15) is 4.21 Å². The molecule has 7 heteroatoms. The number of fused-ring (bicyclic) bond motifs is 1. The number of nitrogens with zero attached hydrogens (tertiary/aromatic N) is 2. The lowest BCUT2D eigenvalue weighted by Gasteiger charge is -2.25. The van der Waals surface area contributed by atoms with Crippen LogP contribution in [0, 0.1) is 5.82 Å². The Morgan fingerprint density at radius 1 is 1.12 bits per heavy atom. The molecule has 176 valence electrons. The van der Waals surface area contributed by atoms with Gasteiger partial charge < -0.3 is 0 Å². The Morgan fingerprint density at radius 3 is 2.50 bits per heavy atom. The maximum atomic E-state index is 15.2. The van der Waals surface area contributed by atoms with E-state index in [4.69, 9.17) is 10.1 Å². The third kappa shape index (κ3) is 4.21. The zero-order valence-electron chi connectivity index (χ0n) is 19.5. The highest BCUT2D eigenvalue weighted by atomic mass is 32.2. The van der Waals surface area contributed by atoms with Crippen LogP contribution in [0.15, 0.2) is 60.7 Å². The van der Waals surface area contributed by atoms with Gasteiger partial charge in [-0.2, -0.15) is 0 Å². The molecular formula is C27H28FN3OS2. The van der Waals surface area contributed by atoms with Crippen LogP contribution in [0.4, 0.5) is 4.39 Å². The molecule has 2 heterocycles. The number of aromatic nitrogens is 2. The Bertz CT molecular complexity index is 1380. The van der Waals surface area contributed by atoms with Crippen molar-refractivity contribution in [2.75, 3.05) is 0 Å². The van der Waals surface area contributed by atoms with Crippen molar-refractivity contribution in [1.82, 2.24) is 9.97 Å². The average Bonchev–Trinajstić information content (AvgIpc) is 3.52. The Morgan fingerprint density at radius 2 is 1.85 bits per heavy atom. The fourth-order valence-electron chi connectivity index (χ4n) is 4.72. The van der Waals surface area contributed by atoms with E-state index in [0.29, 0.717) is 17.0 Å². The molecule has 1 aliphatic rings. The maximum absolute atomic E-state index is 15.2. The molecule has 0 spiro atoms. The van der Waals surface area contributed by atoms with Gasteiger partial charge in [-0.1, -0.05) is 54.7 Å². The molecule has 1 fully saturated rings. The van der Waals surface area contributed by atoms with Gasteiger partial charge in [0.05, 0.1) is 21.4 Å². The largest absolute Gasteiger partial charge is 0.251 e. The number of pyridine rings is 1. The summed E-state index contributed by atoms with van der Waals surface area (Å²) in [5, 5.41) is 6.25. The number of hydrogen-bond acceptors (Lipinski definition) is 4. The molecule has 1 aliphatic carbocycles. The third-order valence-corrected chi connectivity index (χ3v) is 9.21. The van der Waals surface area contributed by atoms with Gasteiger partial charge in [-0.3, -0.25) is 5.14 Å². The van der Waals surface area contributed by atoms with Crippen molar-refractivity contribution < 1.29 is 8.60 Å². The summed E-state index contributed by atoms with van der Waals surface area (Å²) in [6.07, 6.45) is 2.78. The lowest BCUT2D eigenvalue weighted by Crippen LogP contribution is -2.33. The quantitative estimate of drug-likeness (QED) is 0.321. The number of nitrogens with two attached hydrogens (primary N) is 1. The molecule has 4 nitrogen and oxygen atoms in total. The van der Waals surface area contributed by atoms with Crippen molar-refractivity contribution in [1.29, 1.82) is 0 Å². The van der Waals surface area contributed by atoms with Gasteiger partial charge in [0.2, 0.25) is 0 Å². The van der Waals surface area contributed by atoms with E-state index in [0.717, 1.165) is 34.4 Å². The second-order valence-electron chi connectivity index (χ2n) is 9.89. The van der Waals surface area contributed by atoms with E-state index in [1.807, 2.05) is 39.0 Å². The van der Waals surface area contributed by atoms with Crippen molar-refractivity contribution >= 4 is 32.7 Å². The van der Waals surface area contributed by atoms with Gasteiger partial charge in [-0.25, -0.2) is 18.6 Å². The van der Waals surface area contributed by atoms with E-state index in [-0.39, 0.29) is 17.2 Å². The molecule has 2 N–H and O–H groups in total. The van der Waals surface area contributed by atoms with Gasteiger partial charge in [-0.15, -0.1) is 0 Å². The fraction of sp³-hybridized carbons (Fsp3) is 0.333. The van der Waals surface area contributed by atoms with Crippen LogP contribution in [-0.4, -0.2) is 18.9 Å². The Balaban J connectivity index is 1.43. The van der Waals surface area contributed by atoms with Crippen LogP contribution in [0.3, 0.4) is 0 Å². The molecule has 2 aromatic heterocycles. The van der Waals surface area contributed by atoms with Crippen LogP contribution in [0.25, 0.3) is 20.9 Å². The van der Waals surface area contributed by atoms with E-state index >= 15 is 4.39 Å². The molecule has 0 radical (unpaired) electrons. The van der Waals surface area contributed by atoms with Crippen LogP contribution in [-0.2, 0) is 16.4 Å². The molecule has 34 heavy (non-hydrogen) atoms. The molecule has 0 amide bonds. The predicted molar refractivity (Wildman–Crippen MR) is 139 cm³/mol. The third-order valence-electron chi connectivity index (χ3n) is 6.96. The zero-order valence-corrected chi connectivity index (χ0v) is 21.2. The van der Waals surface area contributed by atoms with Crippen LogP contribution in [0.2, 0.25) is 0 Å². The van der Waals surface area contributed by atoms with Gasteiger partial charge in [0, 0.05) is 11.0 Å². The van der Waals surface area contributed by atoms with E-state index in [2.05, 4.69) is 35.3 Å². The summed E-state index contributed by atoms with van der Waals surface area (Å²) in [5.74, 6) is -0.281. The fourth-order valence-corrected chi connectivity index (χ4v) is 6.10. The van der Waals surface area contributed by atoms with Gasteiger partial charge in [0.25, 0.3) is 0 Å². The topological polar surface area (TPSA) is 68.9 Å². The zero-order chi connectivity index (χ0) is 24.1. The minimum Gasteiger partial charge on any atom is -0.251 e. The number of rotatable bonds is 7. The monoisotopic (exact) mass is 493 g/mol. The standard InChI is InChI=1S/C27H28FN3OS2/c1-17(16-26(2,3)34(29)32)18-9-10-20(21(28)15-18)24-30-22-11-12-23(31-25(22)33-24)27(13-14-27)19-7-5-4-6-8-19/h4-12,15,17H,13-14,16,29H2,1-3H3/t17-,34?/m0/s1. The second-order valence-corrected chi connectivity index (χ2v) is 12.6. The molecule has 2 aromatic carbocycles. The Kier molecular flexibility index (Phi) is 5.91. The minimum atomic E-state index is -1.44. The SMILES string of the molecule is C[C@@H](CC(C)(C)S(N)=O)c1ccc(-c2nc3ccc(C4(c5ccccc5)CC4)nc3s2)c(F)c1. The molecule has 4 aromatic rings. The minimum absolute atomic E-state index is 0.0103. The van der Waals surface area contributed by atoms with E-state index < -0.39 is 15.7 Å². The molecule has 1 unspecified atom stereocenters. The second kappa shape index (κ2) is 8.63. The summed E-state index contributed by atoms with van der Waals surface area (Å²) in [6, 6.07) is 19.9. The first-order valence-electron chi connectivity index (χ1n) is 11.5. The van der Waals surface area contributed by atoms with Gasteiger partial charge >= 0.3 is 0 Å². The Hall–Kier alpha value is -2.48. The molecule has 0 saturated heterocycles. The first kappa shape index (κ1) is 23.3. The van der Waals surface area contributed by atoms with Crippen molar-refractivity contribution in [3.8, 4) is 10.6 Å². The smallest absolute Gasteiger partial charge is 0.144 e. The normalized spacial score (nSPS) is 17.0. The lowest BCUT2D eigenvalue weighted by molar-refractivity contribution is 0.537.